The van der Waals surface area contributed by atoms with Crippen molar-refractivity contribution in [3.8, 4) is 11.4 Å². The molecule has 0 fully saturated rings. The van der Waals surface area contributed by atoms with E-state index in [-0.39, 0.29) is 0 Å². The molecular weight excluding hydrogens is 752 g/mol. The maximum Gasteiger partial charge on any atom is 0.0887 e. The molecule has 0 aliphatic rings. The van der Waals surface area contributed by atoms with Crippen LogP contribution in [0.3, 0.4) is 0 Å². The molecule has 0 saturated heterocycles. The predicted molar refractivity (Wildman–Crippen MR) is 254 cm³/mol. The van der Waals surface area contributed by atoms with Crippen molar-refractivity contribution in [3.63, 3.8) is 0 Å². The smallest absolute Gasteiger partial charge is 0.0887 e. The van der Waals surface area contributed by atoms with E-state index in [4.69, 9.17) is 11.6 Å². The molecule has 0 saturated carbocycles. The van der Waals surface area contributed by atoms with Crippen LogP contribution in [-0.4, -0.2) is 9.13 Å². The summed E-state index contributed by atoms with van der Waals surface area (Å²) in [5.41, 5.74) is 13.7. The highest BCUT2D eigenvalue weighted by molar-refractivity contribution is 6.36. The standard InChI is InChI=1S/C55H39ClN4/c1-38-34-53(57(39-18-4-2-5-19-39)41-22-16-24-43(36-41)59-49-30-12-8-26-45(49)46-27-9-13-31-50(46)59)55(56)54(35-38)58(40-20-6-3-7-21-40)42-23-17-25-44(37-42)60-51-32-14-10-28-47(51)48-29-11-15-33-52(48)60/h2-37H,1H3. The lowest BCUT2D eigenvalue weighted by Crippen LogP contribution is -2.15. The first-order valence-corrected chi connectivity index (χ1v) is 20.7. The minimum Gasteiger partial charge on any atom is -0.309 e. The minimum absolute atomic E-state index is 0.637. The molecule has 0 aliphatic heterocycles. The number of halogens is 1. The molecule has 0 aliphatic carbocycles. The number of anilines is 6. The summed E-state index contributed by atoms with van der Waals surface area (Å²) in [6, 6.07) is 77.6. The van der Waals surface area contributed by atoms with Crippen LogP contribution in [0, 0.1) is 6.92 Å². The Kier molecular flexibility index (Phi) is 8.72. The third-order valence-electron chi connectivity index (χ3n) is 11.5. The van der Waals surface area contributed by atoms with E-state index >= 15 is 0 Å². The Balaban J connectivity index is 1.10. The Morgan fingerprint density at radius 1 is 0.333 bits per heavy atom. The number of nitrogens with zero attached hydrogens (tertiary/aromatic N) is 4. The molecule has 2 aromatic heterocycles. The van der Waals surface area contributed by atoms with Gasteiger partial charge in [-0.25, -0.2) is 0 Å². The maximum absolute atomic E-state index is 7.87. The normalized spacial score (nSPS) is 11.5. The zero-order valence-corrected chi connectivity index (χ0v) is 33.7. The Labute approximate surface area is 354 Å². The summed E-state index contributed by atoms with van der Waals surface area (Å²) in [4.78, 5) is 4.57. The highest BCUT2D eigenvalue weighted by atomic mass is 35.5. The number of hydrogen-bond donors (Lipinski definition) is 0. The van der Waals surface area contributed by atoms with Crippen molar-refractivity contribution >= 4 is 89.3 Å². The number of aromatic nitrogens is 2. The minimum atomic E-state index is 0.637. The van der Waals surface area contributed by atoms with Gasteiger partial charge in [0.15, 0.2) is 0 Å². The fourth-order valence-electron chi connectivity index (χ4n) is 9.01. The highest BCUT2D eigenvalue weighted by Gasteiger charge is 2.24. The van der Waals surface area contributed by atoms with E-state index in [1.165, 1.54) is 43.6 Å². The molecule has 9 aromatic carbocycles. The average Bonchev–Trinajstić information content (AvgIpc) is 3.82. The van der Waals surface area contributed by atoms with Crippen molar-refractivity contribution in [2.24, 2.45) is 0 Å². The van der Waals surface area contributed by atoms with E-state index < -0.39 is 0 Å². The van der Waals surface area contributed by atoms with Crippen LogP contribution in [-0.2, 0) is 0 Å². The van der Waals surface area contributed by atoms with Crippen molar-refractivity contribution < 1.29 is 0 Å². The first kappa shape index (κ1) is 35.6. The second-order valence-corrected chi connectivity index (χ2v) is 15.6. The summed E-state index contributed by atoms with van der Waals surface area (Å²) in [5, 5.41) is 5.56. The van der Waals surface area contributed by atoms with Crippen LogP contribution in [0.5, 0.6) is 0 Å². The number of aryl methyl sites for hydroxylation is 1. The van der Waals surface area contributed by atoms with Gasteiger partial charge in [0.05, 0.1) is 38.5 Å². The molecule has 11 aromatic rings. The highest BCUT2D eigenvalue weighted by Crippen LogP contribution is 2.48. The topological polar surface area (TPSA) is 16.3 Å². The number of rotatable bonds is 8. The van der Waals surface area contributed by atoms with Gasteiger partial charge in [-0.2, -0.15) is 0 Å². The summed E-state index contributed by atoms with van der Waals surface area (Å²) in [6.07, 6.45) is 0. The molecule has 0 N–H and O–H groups in total. The maximum atomic E-state index is 7.87. The second-order valence-electron chi connectivity index (χ2n) is 15.2. The van der Waals surface area contributed by atoms with Crippen molar-refractivity contribution in [1.82, 2.24) is 9.13 Å². The quantitative estimate of drug-likeness (QED) is 0.152. The Morgan fingerprint density at radius 2 is 0.650 bits per heavy atom. The predicted octanol–water partition coefficient (Wildman–Crippen LogP) is 15.8. The Bertz CT molecular complexity index is 3040. The van der Waals surface area contributed by atoms with Gasteiger partial charge in [-0.05, 0) is 110 Å². The van der Waals surface area contributed by atoms with E-state index in [1.54, 1.807) is 0 Å². The van der Waals surface area contributed by atoms with Crippen molar-refractivity contribution in [3.05, 3.63) is 229 Å². The lowest BCUT2D eigenvalue weighted by atomic mass is 10.1. The van der Waals surface area contributed by atoms with E-state index in [9.17, 15) is 0 Å². The lowest BCUT2D eigenvalue weighted by molar-refractivity contribution is 1.16. The number of fused-ring (bicyclic) bond motifs is 6. The van der Waals surface area contributed by atoms with E-state index in [1.807, 2.05) is 0 Å². The largest absolute Gasteiger partial charge is 0.309 e. The summed E-state index contributed by atoms with van der Waals surface area (Å²) in [6.45, 7) is 2.15. The molecule has 11 rings (SSSR count). The zero-order chi connectivity index (χ0) is 40.2. The van der Waals surface area contributed by atoms with Crippen LogP contribution < -0.4 is 9.80 Å². The van der Waals surface area contributed by atoms with Gasteiger partial charge in [0.2, 0.25) is 0 Å². The molecule has 0 unspecified atom stereocenters. The zero-order valence-electron chi connectivity index (χ0n) is 33.0. The molecular formula is C55H39ClN4. The van der Waals surface area contributed by atoms with Crippen molar-refractivity contribution in [2.75, 3.05) is 9.80 Å². The van der Waals surface area contributed by atoms with Gasteiger partial charge >= 0.3 is 0 Å². The molecule has 2 heterocycles. The number of hydrogen-bond acceptors (Lipinski definition) is 2. The SMILES string of the molecule is Cc1cc(N(c2ccccc2)c2cccc(-n3c4ccccc4c4ccccc43)c2)c(Cl)c(N(c2ccccc2)c2cccc(-n3c4ccccc4c4ccccc43)c2)c1. The van der Waals surface area contributed by atoms with Crippen LogP contribution in [0.25, 0.3) is 55.0 Å². The first-order valence-electron chi connectivity index (χ1n) is 20.3. The van der Waals surface area contributed by atoms with Crippen molar-refractivity contribution in [1.29, 1.82) is 0 Å². The van der Waals surface area contributed by atoms with Gasteiger partial charge < -0.3 is 18.9 Å². The van der Waals surface area contributed by atoms with Gasteiger partial charge in [-0.3, -0.25) is 0 Å². The van der Waals surface area contributed by atoms with Gasteiger partial charge in [-0.1, -0.05) is 133 Å². The van der Waals surface area contributed by atoms with Crippen LogP contribution in [0.2, 0.25) is 5.02 Å². The number of para-hydroxylation sites is 6. The Hall–Kier alpha value is -7.53. The van der Waals surface area contributed by atoms with Crippen LogP contribution in [0.15, 0.2) is 218 Å². The van der Waals surface area contributed by atoms with Gasteiger partial charge in [0.1, 0.15) is 0 Å². The fraction of sp³-hybridized carbons (Fsp3) is 0.0182. The van der Waals surface area contributed by atoms with E-state index in [2.05, 4.69) is 244 Å². The first-order chi connectivity index (χ1) is 29.6. The third kappa shape index (κ3) is 5.92. The summed E-state index contributed by atoms with van der Waals surface area (Å²) in [5.74, 6) is 0. The summed E-state index contributed by atoms with van der Waals surface area (Å²) >= 11 is 7.87. The molecule has 0 atom stereocenters. The molecule has 0 bridgehead atoms. The van der Waals surface area contributed by atoms with Crippen LogP contribution in [0.4, 0.5) is 34.1 Å². The van der Waals surface area contributed by atoms with Gasteiger partial charge in [-0.15, -0.1) is 0 Å². The third-order valence-corrected chi connectivity index (χ3v) is 11.9. The summed E-state index contributed by atoms with van der Waals surface area (Å²) < 4.78 is 4.73. The van der Waals surface area contributed by atoms with Crippen molar-refractivity contribution in [2.45, 2.75) is 6.92 Å². The van der Waals surface area contributed by atoms with Crippen LogP contribution in [0.1, 0.15) is 5.56 Å². The molecule has 286 valence electrons. The molecule has 5 heteroatoms. The van der Waals surface area contributed by atoms with Gasteiger partial charge in [0, 0.05) is 55.7 Å². The average molecular weight is 791 g/mol. The van der Waals surface area contributed by atoms with Gasteiger partial charge in [0.25, 0.3) is 0 Å². The summed E-state index contributed by atoms with van der Waals surface area (Å²) in [7, 11) is 0. The molecule has 0 amide bonds. The second kappa shape index (κ2) is 14.7. The van der Waals surface area contributed by atoms with E-state index in [0.29, 0.717) is 5.02 Å². The molecule has 4 nitrogen and oxygen atoms in total. The lowest BCUT2D eigenvalue weighted by Gasteiger charge is -2.32. The molecule has 60 heavy (non-hydrogen) atoms. The van der Waals surface area contributed by atoms with Crippen LogP contribution >= 0.6 is 11.6 Å². The monoisotopic (exact) mass is 790 g/mol. The fourth-order valence-corrected chi connectivity index (χ4v) is 9.29. The molecule has 0 radical (unpaired) electrons. The van der Waals surface area contributed by atoms with E-state index in [0.717, 1.165) is 51.1 Å². The number of benzene rings is 9. The Morgan fingerprint density at radius 3 is 1.02 bits per heavy atom. The molecule has 0 spiro atoms.